The maximum Gasteiger partial charge on any atom is 0.206 e. The minimum atomic E-state index is -0.192. The highest BCUT2D eigenvalue weighted by molar-refractivity contribution is 7.07. The second-order valence-corrected chi connectivity index (χ2v) is 6.42. The largest absolute Gasteiger partial charge is 0.504 e. The Kier molecular flexibility index (Phi) is 4.06. The first-order chi connectivity index (χ1) is 12.7. The summed E-state index contributed by atoms with van der Waals surface area (Å²) in [4.78, 5) is 4.96. The molecule has 0 fully saturated rings. The third kappa shape index (κ3) is 2.89. The number of rotatable bonds is 3. The van der Waals surface area contributed by atoms with Gasteiger partial charge in [0.2, 0.25) is 4.80 Å². The molecule has 0 saturated carbocycles. The molecule has 0 bridgehead atoms. The number of furan rings is 1. The van der Waals surface area contributed by atoms with E-state index in [-0.39, 0.29) is 11.5 Å². The third-order valence-electron chi connectivity index (χ3n) is 3.88. The Hall–Kier alpha value is -3.32. The Morgan fingerprint density at radius 1 is 1.08 bits per heavy atom. The average molecular weight is 365 g/mol. The molecule has 0 amide bonds. The molecule has 0 aliphatic carbocycles. The van der Waals surface area contributed by atoms with Crippen molar-refractivity contribution in [1.82, 2.24) is 4.68 Å². The molecular formula is C19H15N3O3S. The molecule has 7 heteroatoms. The van der Waals surface area contributed by atoms with E-state index in [0.717, 1.165) is 16.7 Å². The first kappa shape index (κ1) is 16.2. The van der Waals surface area contributed by atoms with E-state index in [2.05, 4.69) is 10.1 Å². The van der Waals surface area contributed by atoms with Crippen molar-refractivity contribution in [1.29, 1.82) is 0 Å². The standard InChI is InChI=1S/C19H15N3O3S/c1-20-19-22(21-10-12-6-7-15(23)16(24)8-12)14(11-26-19)18-9-13-4-2-3-5-17(13)25-18/h2-11,23-24H,1H3. The van der Waals surface area contributed by atoms with Gasteiger partial charge < -0.3 is 14.6 Å². The number of fused-ring (bicyclic) bond motifs is 1. The van der Waals surface area contributed by atoms with Gasteiger partial charge in [-0.15, -0.1) is 11.3 Å². The number of hydrogen-bond donors (Lipinski definition) is 2. The summed E-state index contributed by atoms with van der Waals surface area (Å²) in [5, 5.41) is 26.5. The molecule has 2 aromatic heterocycles. The van der Waals surface area contributed by atoms with Crippen LogP contribution in [0, 0.1) is 0 Å². The molecule has 0 atom stereocenters. The summed E-state index contributed by atoms with van der Waals surface area (Å²) in [6.45, 7) is 0. The number of phenols is 2. The summed E-state index contributed by atoms with van der Waals surface area (Å²) in [6.07, 6.45) is 1.59. The van der Waals surface area contributed by atoms with Crippen LogP contribution in [0.15, 0.2) is 68.4 Å². The van der Waals surface area contributed by atoms with Crippen LogP contribution in [-0.4, -0.2) is 28.2 Å². The Labute approximate surface area is 152 Å². The second kappa shape index (κ2) is 6.53. The van der Waals surface area contributed by atoms with Crippen molar-refractivity contribution < 1.29 is 14.6 Å². The third-order valence-corrected chi connectivity index (χ3v) is 4.78. The number of nitrogens with zero attached hydrogens (tertiary/aromatic N) is 3. The van der Waals surface area contributed by atoms with Crippen LogP contribution in [-0.2, 0) is 0 Å². The van der Waals surface area contributed by atoms with Gasteiger partial charge >= 0.3 is 0 Å². The molecule has 0 unspecified atom stereocenters. The van der Waals surface area contributed by atoms with E-state index in [9.17, 15) is 10.2 Å². The van der Waals surface area contributed by atoms with Crippen molar-refractivity contribution >= 4 is 28.5 Å². The van der Waals surface area contributed by atoms with E-state index in [1.165, 1.54) is 23.5 Å². The van der Waals surface area contributed by atoms with Crippen LogP contribution in [0.5, 0.6) is 11.5 Å². The number of hydrogen-bond acceptors (Lipinski definition) is 6. The molecule has 2 heterocycles. The van der Waals surface area contributed by atoms with Crippen molar-refractivity contribution in [2.45, 2.75) is 0 Å². The van der Waals surface area contributed by atoms with Gasteiger partial charge in [-0.1, -0.05) is 18.2 Å². The monoisotopic (exact) mass is 365 g/mol. The van der Waals surface area contributed by atoms with Crippen molar-refractivity contribution in [2.75, 3.05) is 7.05 Å². The maximum atomic E-state index is 9.62. The number of thiazole rings is 1. The molecule has 0 saturated heterocycles. The minimum Gasteiger partial charge on any atom is -0.504 e. The zero-order valence-corrected chi connectivity index (χ0v) is 14.6. The molecule has 130 valence electrons. The predicted molar refractivity (Wildman–Crippen MR) is 102 cm³/mol. The lowest BCUT2D eigenvalue weighted by Gasteiger charge is -2.01. The van der Waals surface area contributed by atoms with Crippen LogP contribution in [0.2, 0.25) is 0 Å². The van der Waals surface area contributed by atoms with Crippen molar-refractivity contribution in [3.8, 4) is 23.0 Å². The fraction of sp³-hybridized carbons (Fsp3) is 0.0526. The van der Waals surface area contributed by atoms with Gasteiger partial charge in [0.05, 0.1) is 6.21 Å². The molecule has 4 rings (SSSR count). The number of benzene rings is 2. The topological polar surface area (TPSA) is 83.2 Å². The fourth-order valence-electron chi connectivity index (χ4n) is 2.59. The summed E-state index contributed by atoms with van der Waals surface area (Å²) < 4.78 is 7.62. The van der Waals surface area contributed by atoms with Crippen molar-refractivity contribution in [2.24, 2.45) is 10.1 Å². The van der Waals surface area contributed by atoms with E-state index in [1.807, 2.05) is 35.7 Å². The molecule has 0 radical (unpaired) electrons. The van der Waals surface area contributed by atoms with Crippen molar-refractivity contribution in [3.63, 3.8) is 0 Å². The van der Waals surface area contributed by atoms with Gasteiger partial charge in [-0.05, 0) is 35.9 Å². The van der Waals surface area contributed by atoms with Crippen LogP contribution in [0.4, 0.5) is 0 Å². The summed E-state index contributed by atoms with van der Waals surface area (Å²) >= 11 is 1.45. The van der Waals surface area contributed by atoms with Crippen LogP contribution in [0.1, 0.15) is 5.56 Å². The zero-order valence-electron chi connectivity index (χ0n) is 13.8. The number of para-hydroxylation sites is 1. The minimum absolute atomic E-state index is 0.169. The molecule has 6 nitrogen and oxygen atoms in total. The SMILES string of the molecule is CN=c1scc(-c2cc3ccccc3o2)n1N=Cc1ccc(O)c(O)c1. The van der Waals surface area contributed by atoms with Gasteiger partial charge in [0, 0.05) is 17.8 Å². The molecular weight excluding hydrogens is 350 g/mol. The van der Waals surface area contributed by atoms with E-state index in [0.29, 0.717) is 16.1 Å². The number of aromatic nitrogens is 1. The Bertz CT molecular complexity index is 1150. The highest BCUT2D eigenvalue weighted by Gasteiger charge is 2.12. The Morgan fingerprint density at radius 2 is 1.92 bits per heavy atom. The summed E-state index contributed by atoms with van der Waals surface area (Å²) in [5.74, 6) is 0.336. The Morgan fingerprint density at radius 3 is 2.69 bits per heavy atom. The van der Waals surface area contributed by atoms with Gasteiger partial charge in [0.15, 0.2) is 17.3 Å². The highest BCUT2D eigenvalue weighted by Crippen LogP contribution is 2.28. The van der Waals surface area contributed by atoms with Crippen LogP contribution in [0.25, 0.3) is 22.4 Å². The van der Waals surface area contributed by atoms with E-state index >= 15 is 0 Å². The first-order valence-corrected chi connectivity index (χ1v) is 8.72. The molecule has 26 heavy (non-hydrogen) atoms. The highest BCUT2D eigenvalue weighted by atomic mass is 32.1. The van der Waals surface area contributed by atoms with Crippen LogP contribution in [0.3, 0.4) is 0 Å². The number of aromatic hydroxyl groups is 2. The smallest absolute Gasteiger partial charge is 0.206 e. The van der Waals surface area contributed by atoms with Gasteiger partial charge in [-0.25, -0.2) is 4.68 Å². The molecule has 2 N–H and O–H groups in total. The van der Waals surface area contributed by atoms with Gasteiger partial charge in [-0.3, -0.25) is 4.99 Å². The van der Waals surface area contributed by atoms with E-state index in [1.54, 1.807) is 24.0 Å². The summed E-state index contributed by atoms with van der Waals surface area (Å²) in [7, 11) is 1.70. The molecule has 4 aromatic rings. The van der Waals surface area contributed by atoms with Crippen LogP contribution >= 0.6 is 11.3 Å². The lowest BCUT2D eigenvalue weighted by Crippen LogP contribution is -2.11. The average Bonchev–Trinajstić information content (AvgIpc) is 3.25. The fourth-order valence-corrected chi connectivity index (χ4v) is 3.37. The zero-order chi connectivity index (χ0) is 18.1. The number of phenolic OH excluding ortho intramolecular Hbond substituents is 2. The molecule has 2 aromatic carbocycles. The van der Waals surface area contributed by atoms with E-state index < -0.39 is 0 Å². The van der Waals surface area contributed by atoms with Gasteiger partial charge in [0.25, 0.3) is 0 Å². The maximum absolute atomic E-state index is 9.62. The summed E-state index contributed by atoms with van der Waals surface area (Å²) in [6, 6.07) is 14.3. The Balaban J connectivity index is 1.79. The quantitative estimate of drug-likeness (QED) is 0.428. The van der Waals surface area contributed by atoms with E-state index in [4.69, 9.17) is 4.42 Å². The van der Waals surface area contributed by atoms with Gasteiger partial charge in [0.1, 0.15) is 11.3 Å². The predicted octanol–water partition coefficient (Wildman–Crippen LogP) is 3.79. The summed E-state index contributed by atoms with van der Waals surface area (Å²) in [5.41, 5.74) is 2.24. The molecule has 0 aliphatic heterocycles. The first-order valence-electron chi connectivity index (χ1n) is 7.84. The van der Waals surface area contributed by atoms with Gasteiger partial charge in [-0.2, -0.15) is 5.10 Å². The lowest BCUT2D eigenvalue weighted by molar-refractivity contribution is 0.403. The normalized spacial score (nSPS) is 12.4. The van der Waals surface area contributed by atoms with Crippen LogP contribution < -0.4 is 4.80 Å². The molecule has 0 aliphatic rings. The van der Waals surface area contributed by atoms with Crippen molar-refractivity contribution in [3.05, 3.63) is 64.3 Å². The lowest BCUT2D eigenvalue weighted by atomic mass is 10.2. The second-order valence-electron chi connectivity index (χ2n) is 5.58. The molecule has 0 spiro atoms.